The van der Waals surface area contributed by atoms with Crippen molar-refractivity contribution in [3.8, 4) is 5.75 Å². The molecule has 2 heterocycles. The minimum absolute atomic E-state index is 0.0561. The predicted molar refractivity (Wildman–Crippen MR) is 186 cm³/mol. The second kappa shape index (κ2) is 15.0. The van der Waals surface area contributed by atoms with Crippen LogP contribution in [0.5, 0.6) is 5.75 Å². The summed E-state index contributed by atoms with van der Waals surface area (Å²) in [6, 6.07) is 13.2. The number of fused-ring (bicyclic) bond motifs is 1. The topological polar surface area (TPSA) is 144 Å². The standard InChI is InChI=1S/C35H40Cl2N4O7S/c1-35(2,3)48-30(42)20-47-23-15-14-22(38-19-23)18-39-33(43)31-24-9-5-6-10-25(24)34(44)41(32(31)26-16-13-21(36)17-27(26)37)29-12-8-7-11-28(29)40-49(4,45)46/h5-6,9-10,13-17,19,28-29,31-32,40H,7-8,11-12,18,20H2,1-4H3,(H,39,43)/t28-,29-,31+,32-/m0/s1. The summed E-state index contributed by atoms with van der Waals surface area (Å²) in [6.45, 7) is 5.09. The lowest BCUT2D eigenvalue weighted by Gasteiger charge is -2.49. The highest BCUT2D eigenvalue weighted by Gasteiger charge is 2.49. The molecule has 2 N–H and O–H groups in total. The van der Waals surface area contributed by atoms with E-state index < -0.39 is 45.6 Å². The molecule has 49 heavy (non-hydrogen) atoms. The molecule has 262 valence electrons. The van der Waals surface area contributed by atoms with Crippen molar-refractivity contribution >= 4 is 51.0 Å². The van der Waals surface area contributed by atoms with Gasteiger partial charge in [-0.15, -0.1) is 0 Å². The molecule has 3 aromatic rings. The molecular weight excluding hydrogens is 691 g/mol. The highest BCUT2D eigenvalue weighted by molar-refractivity contribution is 7.88. The van der Waals surface area contributed by atoms with Gasteiger partial charge in [-0.2, -0.15) is 0 Å². The molecular formula is C35H40Cl2N4O7S. The molecule has 0 spiro atoms. The molecule has 0 bridgehead atoms. The third-order valence-electron chi connectivity index (χ3n) is 8.41. The van der Waals surface area contributed by atoms with Crippen LogP contribution in [-0.4, -0.2) is 66.6 Å². The molecule has 4 atom stereocenters. The summed E-state index contributed by atoms with van der Waals surface area (Å²) < 4.78 is 38.4. The van der Waals surface area contributed by atoms with Gasteiger partial charge in [-0.3, -0.25) is 14.6 Å². The lowest BCUT2D eigenvalue weighted by molar-refractivity contribution is -0.157. The van der Waals surface area contributed by atoms with Crippen molar-refractivity contribution < 1.29 is 32.3 Å². The monoisotopic (exact) mass is 730 g/mol. The van der Waals surface area contributed by atoms with E-state index in [0.29, 0.717) is 46.0 Å². The highest BCUT2D eigenvalue weighted by atomic mass is 35.5. The third kappa shape index (κ3) is 9.10. The smallest absolute Gasteiger partial charge is 0.344 e. The second-order valence-electron chi connectivity index (χ2n) is 13.3. The number of hydrogen-bond donors (Lipinski definition) is 2. The lowest BCUT2D eigenvalue weighted by Crippen LogP contribution is -2.59. The number of benzene rings is 2. The van der Waals surface area contributed by atoms with E-state index in [-0.39, 0.29) is 30.0 Å². The molecule has 11 nitrogen and oxygen atoms in total. The number of carbonyl (C=O) groups is 3. The minimum atomic E-state index is -3.61. The van der Waals surface area contributed by atoms with Crippen molar-refractivity contribution in [1.82, 2.24) is 19.9 Å². The van der Waals surface area contributed by atoms with Gasteiger partial charge >= 0.3 is 5.97 Å². The Hall–Kier alpha value is -3.71. The van der Waals surface area contributed by atoms with Crippen LogP contribution >= 0.6 is 23.2 Å². The number of amides is 2. The van der Waals surface area contributed by atoms with Crippen LogP contribution in [0.4, 0.5) is 0 Å². The summed E-state index contributed by atoms with van der Waals surface area (Å²) in [5.74, 6) is -1.75. The minimum Gasteiger partial charge on any atom is -0.480 e. The third-order valence-corrected chi connectivity index (χ3v) is 9.70. The molecule has 1 aromatic heterocycles. The van der Waals surface area contributed by atoms with E-state index in [0.717, 1.165) is 19.1 Å². The van der Waals surface area contributed by atoms with Crippen LogP contribution in [0.2, 0.25) is 10.0 Å². The second-order valence-corrected chi connectivity index (χ2v) is 15.9. The maximum Gasteiger partial charge on any atom is 0.344 e. The average molecular weight is 732 g/mol. The zero-order chi connectivity index (χ0) is 35.5. The lowest BCUT2D eigenvalue weighted by atomic mass is 9.76. The van der Waals surface area contributed by atoms with Crippen LogP contribution in [0, 0.1) is 0 Å². The number of aromatic nitrogens is 1. The summed E-state index contributed by atoms with van der Waals surface area (Å²) in [7, 11) is -3.61. The molecule has 14 heteroatoms. The molecule has 2 aromatic carbocycles. The molecule has 0 unspecified atom stereocenters. The Kier molecular flexibility index (Phi) is 11.2. The Morgan fingerprint density at radius 3 is 2.43 bits per heavy atom. The van der Waals surface area contributed by atoms with Gasteiger partial charge in [0, 0.05) is 27.7 Å². The van der Waals surface area contributed by atoms with E-state index in [4.69, 9.17) is 32.7 Å². The Morgan fingerprint density at radius 1 is 1.02 bits per heavy atom. The maximum atomic E-state index is 14.4. The first-order valence-corrected chi connectivity index (χ1v) is 18.7. The van der Waals surface area contributed by atoms with E-state index in [1.54, 1.807) is 80.3 Å². The number of nitrogens with zero attached hydrogens (tertiary/aromatic N) is 2. The van der Waals surface area contributed by atoms with Crippen LogP contribution in [0.25, 0.3) is 0 Å². The van der Waals surface area contributed by atoms with Gasteiger partial charge in [0.15, 0.2) is 6.61 Å². The van der Waals surface area contributed by atoms with Crippen molar-refractivity contribution in [2.24, 2.45) is 0 Å². The Balaban J connectivity index is 1.46. The number of carbonyl (C=O) groups excluding carboxylic acids is 3. The Morgan fingerprint density at radius 2 is 1.76 bits per heavy atom. The van der Waals surface area contributed by atoms with E-state index >= 15 is 0 Å². The normalized spacial score (nSPS) is 21.1. The number of hydrogen-bond acceptors (Lipinski definition) is 8. The van der Waals surface area contributed by atoms with E-state index in [2.05, 4.69) is 15.0 Å². The molecule has 0 saturated heterocycles. The van der Waals surface area contributed by atoms with Gasteiger partial charge in [0.05, 0.1) is 36.7 Å². The molecule has 5 rings (SSSR count). The van der Waals surface area contributed by atoms with E-state index in [1.807, 2.05) is 0 Å². The molecule has 2 amide bonds. The van der Waals surface area contributed by atoms with Crippen molar-refractivity contribution in [2.45, 2.75) is 82.6 Å². The summed E-state index contributed by atoms with van der Waals surface area (Å²) in [5, 5.41) is 3.66. The fraction of sp³-hybridized carbons (Fsp3) is 0.429. The number of pyridine rings is 1. The van der Waals surface area contributed by atoms with Gasteiger partial charge in [-0.25, -0.2) is 17.9 Å². The van der Waals surface area contributed by atoms with Gasteiger partial charge in [0.25, 0.3) is 5.91 Å². The summed E-state index contributed by atoms with van der Waals surface area (Å²) in [4.78, 5) is 46.8. The first-order valence-electron chi connectivity index (χ1n) is 16.0. The molecule has 1 saturated carbocycles. The molecule has 2 aliphatic rings. The molecule has 1 aliphatic carbocycles. The highest BCUT2D eigenvalue weighted by Crippen LogP contribution is 2.48. The van der Waals surface area contributed by atoms with Gasteiger partial charge in [-0.1, -0.05) is 60.3 Å². The number of sulfonamides is 1. The van der Waals surface area contributed by atoms with Crippen molar-refractivity contribution in [2.75, 3.05) is 12.9 Å². The Labute approximate surface area is 296 Å². The predicted octanol–water partition coefficient (Wildman–Crippen LogP) is 5.57. The van der Waals surface area contributed by atoms with E-state index in [9.17, 15) is 22.8 Å². The van der Waals surface area contributed by atoms with Gasteiger partial charge in [0.1, 0.15) is 11.4 Å². The molecule has 0 radical (unpaired) electrons. The number of esters is 1. The largest absolute Gasteiger partial charge is 0.480 e. The zero-order valence-electron chi connectivity index (χ0n) is 27.7. The fourth-order valence-corrected chi connectivity index (χ4v) is 7.87. The van der Waals surface area contributed by atoms with Gasteiger partial charge < -0.3 is 19.7 Å². The average Bonchev–Trinajstić information content (AvgIpc) is 3.02. The van der Waals surface area contributed by atoms with Crippen LogP contribution in [0.3, 0.4) is 0 Å². The SMILES string of the molecule is CC(C)(C)OC(=O)COc1ccc(CNC(=O)[C@@H]2c3ccccc3C(=O)N([C@H]3CCCC[C@@H]3NS(C)(=O)=O)[C@H]2c2ccc(Cl)cc2Cl)nc1. The quantitative estimate of drug-likeness (QED) is 0.258. The summed E-state index contributed by atoms with van der Waals surface area (Å²) >= 11 is 13.1. The van der Waals surface area contributed by atoms with Crippen LogP contribution < -0.4 is 14.8 Å². The van der Waals surface area contributed by atoms with Crippen molar-refractivity contribution in [3.63, 3.8) is 0 Å². The number of rotatable bonds is 10. The maximum absolute atomic E-state index is 14.4. The fourth-order valence-electron chi connectivity index (χ4n) is 6.53. The molecule has 1 fully saturated rings. The van der Waals surface area contributed by atoms with Crippen LogP contribution in [0.15, 0.2) is 60.8 Å². The zero-order valence-corrected chi connectivity index (χ0v) is 30.1. The van der Waals surface area contributed by atoms with Crippen LogP contribution in [0.1, 0.15) is 85.6 Å². The number of ether oxygens (including phenoxy) is 2. The van der Waals surface area contributed by atoms with Crippen LogP contribution in [-0.2, 0) is 30.9 Å². The first-order chi connectivity index (χ1) is 23.1. The number of halogens is 2. The Bertz CT molecular complexity index is 1820. The summed E-state index contributed by atoms with van der Waals surface area (Å²) in [5.41, 5.74) is 1.30. The van der Waals surface area contributed by atoms with E-state index in [1.165, 1.54) is 6.20 Å². The van der Waals surface area contributed by atoms with Crippen molar-refractivity contribution in [1.29, 1.82) is 0 Å². The van der Waals surface area contributed by atoms with Gasteiger partial charge in [-0.05, 0) is 75.1 Å². The molecule has 1 aliphatic heterocycles. The summed E-state index contributed by atoms with van der Waals surface area (Å²) in [6.07, 6.45) is 5.18. The first kappa shape index (κ1) is 36.6. The number of nitrogens with one attached hydrogen (secondary N) is 2. The van der Waals surface area contributed by atoms with Crippen molar-refractivity contribution in [3.05, 3.63) is 93.2 Å². The van der Waals surface area contributed by atoms with Gasteiger partial charge in [0.2, 0.25) is 15.9 Å².